The van der Waals surface area contributed by atoms with Gasteiger partial charge >= 0.3 is 0 Å². The summed E-state index contributed by atoms with van der Waals surface area (Å²) in [6.45, 7) is 13.0. The molecule has 0 aliphatic carbocycles. The zero-order valence-electron chi connectivity index (χ0n) is 15.2. The molecule has 0 radical (unpaired) electrons. The third-order valence-corrected chi connectivity index (χ3v) is 4.10. The first-order valence-electron chi connectivity index (χ1n) is 8.90. The zero-order chi connectivity index (χ0) is 17.4. The summed E-state index contributed by atoms with van der Waals surface area (Å²) in [6, 6.07) is 3.99. The Bertz CT molecular complexity index is 458. The van der Waals surface area contributed by atoms with Crippen LogP contribution < -0.4 is 0 Å². The number of aliphatic hydroxyl groups is 1. The number of hydrogen-bond donors (Lipinski definition) is 1. The van der Waals surface area contributed by atoms with Gasteiger partial charge in [-0.2, -0.15) is 0 Å². The van der Waals surface area contributed by atoms with E-state index in [1.165, 1.54) is 0 Å². The number of aliphatic hydroxyl groups excluding tert-OH is 1. The molecule has 2 heterocycles. The van der Waals surface area contributed by atoms with Crippen LogP contribution in [-0.2, 0) is 16.0 Å². The van der Waals surface area contributed by atoms with Crippen LogP contribution in [0.2, 0.25) is 0 Å². The van der Waals surface area contributed by atoms with Crippen molar-refractivity contribution in [3.05, 3.63) is 23.7 Å². The molecule has 0 bridgehead atoms. The highest BCUT2D eigenvalue weighted by molar-refractivity contribution is 5.05. The molecule has 1 aliphatic rings. The standard InChI is InChI=1S/C18H32N2O4/c1-15(2)23-14-17(21)12-20(13-18-5-4-16(3)24-18)7-6-19-8-10-22-11-9-19/h4-5,15,17,21H,6-14H2,1-3H3. The molecule has 6 heteroatoms. The Hall–Kier alpha value is -0.920. The highest BCUT2D eigenvalue weighted by atomic mass is 16.5. The van der Waals surface area contributed by atoms with E-state index >= 15 is 0 Å². The molecule has 1 fully saturated rings. The third-order valence-electron chi connectivity index (χ3n) is 4.10. The van der Waals surface area contributed by atoms with E-state index < -0.39 is 6.10 Å². The second kappa shape index (κ2) is 10.2. The first-order valence-corrected chi connectivity index (χ1v) is 8.90. The molecule has 0 saturated carbocycles. The lowest BCUT2D eigenvalue weighted by atomic mass is 10.3. The number of aryl methyl sites for hydroxylation is 1. The highest BCUT2D eigenvalue weighted by Crippen LogP contribution is 2.11. The summed E-state index contributed by atoms with van der Waals surface area (Å²) >= 11 is 0. The molecule has 0 amide bonds. The van der Waals surface area contributed by atoms with E-state index in [-0.39, 0.29) is 6.10 Å². The topological polar surface area (TPSA) is 58.3 Å². The monoisotopic (exact) mass is 340 g/mol. The number of rotatable bonds is 10. The van der Waals surface area contributed by atoms with Gasteiger partial charge in [0.05, 0.1) is 38.6 Å². The molecule has 1 aliphatic heterocycles. The van der Waals surface area contributed by atoms with Gasteiger partial charge in [-0.3, -0.25) is 9.80 Å². The lowest BCUT2D eigenvalue weighted by molar-refractivity contribution is -0.0137. The fourth-order valence-electron chi connectivity index (χ4n) is 2.79. The maximum absolute atomic E-state index is 10.3. The van der Waals surface area contributed by atoms with Crippen LogP contribution in [0.4, 0.5) is 0 Å². The van der Waals surface area contributed by atoms with E-state index in [2.05, 4.69) is 9.80 Å². The van der Waals surface area contributed by atoms with Crippen molar-refractivity contribution in [2.24, 2.45) is 0 Å². The number of ether oxygens (including phenoxy) is 2. The van der Waals surface area contributed by atoms with E-state index in [0.717, 1.165) is 50.9 Å². The predicted molar refractivity (Wildman–Crippen MR) is 93.1 cm³/mol. The Morgan fingerprint density at radius 2 is 2.04 bits per heavy atom. The van der Waals surface area contributed by atoms with E-state index in [9.17, 15) is 5.11 Å². The summed E-state index contributed by atoms with van der Waals surface area (Å²) < 4.78 is 16.6. The van der Waals surface area contributed by atoms with Crippen molar-refractivity contribution in [2.45, 2.75) is 39.5 Å². The summed E-state index contributed by atoms with van der Waals surface area (Å²) in [5, 5.41) is 10.3. The summed E-state index contributed by atoms with van der Waals surface area (Å²) in [4.78, 5) is 4.64. The zero-order valence-corrected chi connectivity index (χ0v) is 15.2. The van der Waals surface area contributed by atoms with Crippen LogP contribution in [0.1, 0.15) is 25.4 Å². The van der Waals surface area contributed by atoms with Crippen molar-refractivity contribution in [1.82, 2.24) is 9.80 Å². The van der Waals surface area contributed by atoms with Gasteiger partial charge in [-0.15, -0.1) is 0 Å². The third kappa shape index (κ3) is 7.32. The normalized spacial score (nSPS) is 17.8. The van der Waals surface area contributed by atoms with Crippen LogP contribution in [0.25, 0.3) is 0 Å². The van der Waals surface area contributed by atoms with E-state index in [4.69, 9.17) is 13.9 Å². The van der Waals surface area contributed by atoms with Gasteiger partial charge in [-0.05, 0) is 32.9 Å². The summed E-state index contributed by atoms with van der Waals surface area (Å²) in [6.07, 6.45) is -0.359. The van der Waals surface area contributed by atoms with Crippen molar-refractivity contribution >= 4 is 0 Å². The first kappa shape index (κ1) is 19.4. The minimum absolute atomic E-state index is 0.133. The number of nitrogens with zero attached hydrogens (tertiary/aromatic N) is 2. The molecule has 1 saturated heterocycles. The maximum atomic E-state index is 10.3. The average molecular weight is 340 g/mol. The summed E-state index contributed by atoms with van der Waals surface area (Å²) in [5.41, 5.74) is 0. The molecule has 1 atom stereocenters. The first-order chi connectivity index (χ1) is 11.5. The van der Waals surface area contributed by atoms with Crippen LogP contribution >= 0.6 is 0 Å². The van der Waals surface area contributed by atoms with Crippen molar-refractivity contribution in [1.29, 1.82) is 0 Å². The molecular formula is C18H32N2O4. The molecule has 1 aromatic rings. The SMILES string of the molecule is Cc1ccc(CN(CCN2CCOCC2)CC(O)COC(C)C)o1. The van der Waals surface area contributed by atoms with Crippen LogP contribution in [0, 0.1) is 6.92 Å². The van der Waals surface area contributed by atoms with Crippen LogP contribution in [0.5, 0.6) is 0 Å². The van der Waals surface area contributed by atoms with E-state index in [0.29, 0.717) is 19.7 Å². The van der Waals surface area contributed by atoms with Gasteiger partial charge in [0.25, 0.3) is 0 Å². The molecule has 6 nitrogen and oxygen atoms in total. The predicted octanol–water partition coefficient (Wildman–Crippen LogP) is 1.51. The lowest BCUT2D eigenvalue weighted by Gasteiger charge is -2.30. The van der Waals surface area contributed by atoms with Crippen molar-refractivity contribution in [3.63, 3.8) is 0 Å². The number of furan rings is 1. The molecular weight excluding hydrogens is 308 g/mol. The van der Waals surface area contributed by atoms with Crippen LogP contribution in [0.15, 0.2) is 16.5 Å². The largest absolute Gasteiger partial charge is 0.465 e. The average Bonchev–Trinajstić information content (AvgIpc) is 2.96. The van der Waals surface area contributed by atoms with E-state index in [1.54, 1.807) is 0 Å². The molecule has 1 aromatic heterocycles. The Balaban J connectivity index is 1.84. The maximum Gasteiger partial charge on any atom is 0.118 e. The highest BCUT2D eigenvalue weighted by Gasteiger charge is 2.17. The number of morpholine rings is 1. The molecule has 1 N–H and O–H groups in total. The molecule has 1 unspecified atom stereocenters. The van der Waals surface area contributed by atoms with E-state index in [1.807, 2.05) is 32.9 Å². The van der Waals surface area contributed by atoms with Crippen molar-refractivity contribution in [3.8, 4) is 0 Å². The molecule has 0 spiro atoms. The van der Waals surface area contributed by atoms with Gasteiger partial charge in [-0.1, -0.05) is 0 Å². The summed E-state index contributed by atoms with van der Waals surface area (Å²) in [7, 11) is 0. The van der Waals surface area contributed by atoms with Gasteiger partial charge in [0.1, 0.15) is 11.5 Å². The Kier molecular flexibility index (Phi) is 8.21. The fourth-order valence-corrected chi connectivity index (χ4v) is 2.79. The molecule has 0 aromatic carbocycles. The van der Waals surface area contributed by atoms with Gasteiger partial charge in [0.15, 0.2) is 0 Å². The van der Waals surface area contributed by atoms with Crippen LogP contribution in [-0.4, -0.2) is 79.7 Å². The van der Waals surface area contributed by atoms with Crippen molar-refractivity contribution < 1.29 is 19.0 Å². The van der Waals surface area contributed by atoms with Gasteiger partial charge in [0, 0.05) is 32.7 Å². The molecule has 24 heavy (non-hydrogen) atoms. The van der Waals surface area contributed by atoms with Crippen LogP contribution in [0.3, 0.4) is 0 Å². The summed E-state index contributed by atoms with van der Waals surface area (Å²) in [5.74, 6) is 1.85. The van der Waals surface area contributed by atoms with Gasteiger partial charge in [-0.25, -0.2) is 0 Å². The van der Waals surface area contributed by atoms with Crippen molar-refractivity contribution in [2.75, 3.05) is 52.5 Å². The minimum atomic E-state index is -0.492. The molecule has 2 rings (SSSR count). The second-order valence-corrected chi connectivity index (χ2v) is 6.74. The minimum Gasteiger partial charge on any atom is -0.465 e. The Labute approximate surface area is 145 Å². The Morgan fingerprint density at radius 3 is 2.67 bits per heavy atom. The Morgan fingerprint density at radius 1 is 1.29 bits per heavy atom. The number of hydrogen-bond acceptors (Lipinski definition) is 6. The smallest absolute Gasteiger partial charge is 0.118 e. The van der Waals surface area contributed by atoms with Gasteiger partial charge < -0.3 is 19.0 Å². The molecule has 138 valence electrons. The quantitative estimate of drug-likeness (QED) is 0.697. The van der Waals surface area contributed by atoms with Gasteiger partial charge in [0.2, 0.25) is 0 Å². The lowest BCUT2D eigenvalue weighted by Crippen LogP contribution is -2.43. The fraction of sp³-hybridized carbons (Fsp3) is 0.778. The second-order valence-electron chi connectivity index (χ2n) is 6.74.